The molecule has 0 spiro atoms. The van der Waals surface area contributed by atoms with E-state index in [9.17, 15) is 4.79 Å². The minimum atomic E-state index is -0.221. The summed E-state index contributed by atoms with van der Waals surface area (Å²) in [6.45, 7) is 6.33. The van der Waals surface area contributed by atoms with Gasteiger partial charge < -0.3 is 4.90 Å². The summed E-state index contributed by atoms with van der Waals surface area (Å²) >= 11 is 0. The van der Waals surface area contributed by atoms with Gasteiger partial charge in [0.2, 0.25) is 5.91 Å². The van der Waals surface area contributed by atoms with E-state index in [4.69, 9.17) is 0 Å². The van der Waals surface area contributed by atoms with Crippen LogP contribution in [0.25, 0.3) is 0 Å². The van der Waals surface area contributed by atoms with Crippen LogP contribution in [0.3, 0.4) is 0 Å². The quantitative estimate of drug-likeness (QED) is 0.654. The molecule has 0 aliphatic carbocycles. The van der Waals surface area contributed by atoms with Crippen molar-refractivity contribution in [1.82, 2.24) is 0 Å². The van der Waals surface area contributed by atoms with Gasteiger partial charge in [0.15, 0.2) is 0 Å². The predicted molar refractivity (Wildman–Crippen MR) is 66.1 cm³/mol. The Morgan fingerprint density at radius 3 is 2.62 bits per heavy atom. The van der Waals surface area contributed by atoms with Gasteiger partial charge in [-0.25, -0.2) is 0 Å². The molecule has 2 rings (SSSR count). The van der Waals surface area contributed by atoms with E-state index in [2.05, 4.69) is 4.99 Å². The van der Waals surface area contributed by atoms with Crippen molar-refractivity contribution in [2.75, 3.05) is 11.4 Å². The standard InChI is InChI=1S/C13H16N2O/c1-13(2,3)15-11-7-5-4-6-10(11)8-14-9-12(15)16/h4-8H,9H2,1-3H3. The van der Waals surface area contributed by atoms with E-state index in [1.54, 1.807) is 6.21 Å². The van der Waals surface area contributed by atoms with Crippen molar-refractivity contribution in [2.45, 2.75) is 26.3 Å². The Morgan fingerprint density at radius 2 is 1.94 bits per heavy atom. The minimum absolute atomic E-state index is 0.0497. The molecule has 0 fully saturated rings. The summed E-state index contributed by atoms with van der Waals surface area (Å²) in [5.74, 6) is 0.0497. The molecule has 0 aromatic heterocycles. The van der Waals surface area contributed by atoms with Crippen molar-refractivity contribution in [3.63, 3.8) is 0 Å². The van der Waals surface area contributed by atoms with E-state index in [1.165, 1.54) is 0 Å². The normalized spacial score (nSPS) is 15.9. The number of rotatable bonds is 0. The minimum Gasteiger partial charge on any atom is -0.305 e. The van der Waals surface area contributed by atoms with Gasteiger partial charge in [-0.05, 0) is 26.8 Å². The summed E-state index contributed by atoms with van der Waals surface area (Å²) < 4.78 is 0. The summed E-state index contributed by atoms with van der Waals surface area (Å²) in [5.41, 5.74) is 1.73. The Hall–Kier alpha value is -1.64. The highest BCUT2D eigenvalue weighted by Crippen LogP contribution is 2.28. The first-order valence-corrected chi connectivity index (χ1v) is 5.42. The van der Waals surface area contributed by atoms with Crippen molar-refractivity contribution in [3.8, 4) is 0 Å². The maximum atomic E-state index is 12.0. The fourth-order valence-electron chi connectivity index (χ4n) is 1.96. The van der Waals surface area contributed by atoms with Gasteiger partial charge >= 0.3 is 0 Å². The largest absolute Gasteiger partial charge is 0.305 e. The van der Waals surface area contributed by atoms with Crippen LogP contribution in [0.2, 0.25) is 0 Å². The number of carbonyl (C=O) groups excluding carboxylic acids is 1. The number of aliphatic imine (C=N–C) groups is 1. The third kappa shape index (κ3) is 1.85. The summed E-state index contributed by atoms with van der Waals surface area (Å²) in [4.78, 5) is 18.0. The Balaban J connectivity index is 2.57. The smallest absolute Gasteiger partial charge is 0.249 e. The lowest BCUT2D eigenvalue weighted by Crippen LogP contribution is -2.46. The predicted octanol–water partition coefficient (Wildman–Crippen LogP) is 2.25. The van der Waals surface area contributed by atoms with E-state index in [1.807, 2.05) is 49.9 Å². The van der Waals surface area contributed by atoms with Gasteiger partial charge in [-0.2, -0.15) is 0 Å². The molecule has 1 aliphatic rings. The van der Waals surface area contributed by atoms with E-state index < -0.39 is 0 Å². The van der Waals surface area contributed by atoms with Crippen molar-refractivity contribution in [2.24, 2.45) is 4.99 Å². The summed E-state index contributed by atoms with van der Waals surface area (Å²) in [7, 11) is 0. The number of anilines is 1. The van der Waals surface area contributed by atoms with Gasteiger partial charge in [0, 0.05) is 17.3 Å². The van der Waals surface area contributed by atoms with Gasteiger partial charge in [-0.15, -0.1) is 0 Å². The zero-order chi connectivity index (χ0) is 11.8. The molecular weight excluding hydrogens is 200 g/mol. The highest BCUT2D eigenvalue weighted by atomic mass is 16.2. The fourth-order valence-corrected chi connectivity index (χ4v) is 1.96. The first kappa shape index (κ1) is 10.9. The molecule has 0 atom stereocenters. The molecule has 1 amide bonds. The molecule has 1 heterocycles. The number of carbonyl (C=O) groups is 1. The number of para-hydroxylation sites is 1. The number of amides is 1. The summed E-state index contributed by atoms with van der Waals surface area (Å²) in [6, 6.07) is 7.86. The molecule has 0 saturated carbocycles. The Bertz CT molecular complexity index is 443. The maximum Gasteiger partial charge on any atom is 0.249 e. The maximum absolute atomic E-state index is 12.0. The molecule has 84 valence electrons. The molecule has 0 saturated heterocycles. The Morgan fingerprint density at radius 1 is 1.25 bits per heavy atom. The molecule has 1 aliphatic heterocycles. The zero-order valence-electron chi connectivity index (χ0n) is 9.90. The Kier molecular flexibility index (Phi) is 2.54. The van der Waals surface area contributed by atoms with E-state index >= 15 is 0 Å². The summed E-state index contributed by atoms with van der Waals surface area (Å²) in [5, 5.41) is 0. The average Bonchev–Trinajstić information content (AvgIpc) is 2.34. The molecule has 0 bridgehead atoms. The van der Waals surface area contributed by atoms with Crippen molar-refractivity contribution in [1.29, 1.82) is 0 Å². The van der Waals surface area contributed by atoms with Gasteiger partial charge in [-0.1, -0.05) is 18.2 Å². The average molecular weight is 216 g/mol. The fraction of sp³-hybridized carbons (Fsp3) is 0.385. The van der Waals surface area contributed by atoms with Crippen LogP contribution < -0.4 is 4.90 Å². The van der Waals surface area contributed by atoms with Crippen LogP contribution in [-0.4, -0.2) is 24.2 Å². The second-order valence-corrected chi connectivity index (χ2v) is 4.93. The number of hydrogen-bond donors (Lipinski definition) is 0. The third-order valence-corrected chi connectivity index (χ3v) is 2.55. The van der Waals surface area contributed by atoms with Crippen LogP contribution in [0.4, 0.5) is 5.69 Å². The van der Waals surface area contributed by atoms with Crippen LogP contribution in [0, 0.1) is 0 Å². The highest BCUT2D eigenvalue weighted by molar-refractivity contribution is 6.04. The Labute approximate surface area is 95.8 Å². The number of benzodiazepines with no additional fused rings is 1. The molecule has 16 heavy (non-hydrogen) atoms. The van der Waals surface area contributed by atoms with Crippen LogP contribution in [0.1, 0.15) is 26.3 Å². The van der Waals surface area contributed by atoms with Gasteiger partial charge in [-0.3, -0.25) is 9.79 Å². The lowest BCUT2D eigenvalue weighted by molar-refractivity contribution is -0.118. The monoisotopic (exact) mass is 216 g/mol. The van der Waals surface area contributed by atoms with Gasteiger partial charge in [0.05, 0.1) is 5.69 Å². The van der Waals surface area contributed by atoms with Crippen LogP contribution in [0.15, 0.2) is 29.3 Å². The molecule has 1 aromatic carbocycles. The molecule has 3 heteroatoms. The van der Waals surface area contributed by atoms with Gasteiger partial charge in [0.1, 0.15) is 6.54 Å². The molecular formula is C13H16N2O. The van der Waals surface area contributed by atoms with E-state index in [0.29, 0.717) is 0 Å². The summed E-state index contributed by atoms with van der Waals surface area (Å²) in [6.07, 6.45) is 1.78. The third-order valence-electron chi connectivity index (χ3n) is 2.55. The number of benzene rings is 1. The lowest BCUT2D eigenvalue weighted by atomic mass is 10.0. The second kappa shape index (κ2) is 3.74. The SMILES string of the molecule is CC(C)(C)N1C(=O)CN=Cc2ccccc21. The van der Waals surface area contributed by atoms with Crippen LogP contribution in [-0.2, 0) is 4.79 Å². The van der Waals surface area contributed by atoms with Crippen molar-refractivity contribution in [3.05, 3.63) is 29.8 Å². The molecule has 0 unspecified atom stereocenters. The highest BCUT2D eigenvalue weighted by Gasteiger charge is 2.30. The molecule has 0 N–H and O–H groups in total. The number of hydrogen-bond acceptors (Lipinski definition) is 2. The van der Waals surface area contributed by atoms with Crippen LogP contribution >= 0.6 is 0 Å². The topological polar surface area (TPSA) is 32.7 Å². The van der Waals surface area contributed by atoms with E-state index in [0.717, 1.165) is 11.3 Å². The second-order valence-electron chi connectivity index (χ2n) is 4.93. The number of fused-ring (bicyclic) bond motifs is 1. The molecule has 0 radical (unpaired) electrons. The van der Waals surface area contributed by atoms with Crippen LogP contribution in [0.5, 0.6) is 0 Å². The number of nitrogens with zero attached hydrogens (tertiary/aromatic N) is 2. The van der Waals surface area contributed by atoms with E-state index in [-0.39, 0.29) is 18.0 Å². The van der Waals surface area contributed by atoms with Crippen molar-refractivity contribution < 1.29 is 4.79 Å². The molecule has 3 nitrogen and oxygen atoms in total. The first-order valence-electron chi connectivity index (χ1n) is 5.42. The molecule has 1 aromatic rings. The lowest BCUT2D eigenvalue weighted by Gasteiger charge is -2.35. The van der Waals surface area contributed by atoms with Gasteiger partial charge in [0.25, 0.3) is 0 Å². The zero-order valence-corrected chi connectivity index (χ0v) is 9.90. The first-order chi connectivity index (χ1) is 7.50. The van der Waals surface area contributed by atoms with Crippen molar-refractivity contribution >= 4 is 17.8 Å².